The molecule has 0 aromatic heterocycles. The molecule has 1 atom stereocenters. The number of fused-ring (bicyclic) bond motifs is 1. The van der Waals surface area contributed by atoms with Crippen molar-refractivity contribution in [3.63, 3.8) is 0 Å². The molecule has 1 amide bonds. The largest absolute Gasteiger partial charge is 0.452 e. The lowest BCUT2D eigenvalue weighted by Crippen LogP contribution is -2.38. The molecule has 6 nitrogen and oxygen atoms in total. The van der Waals surface area contributed by atoms with Crippen LogP contribution in [0.25, 0.3) is 11.1 Å². The summed E-state index contributed by atoms with van der Waals surface area (Å²) >= 11 is 0. The van der Waals surface area contributed by atoms with E-state index in [9.17, 15) is 14.4 Å². The topological polar surface area (TPSA) is 72.9 Å². The van der Waals surface area contributed by atoms with Gasteiger partial charge < -0.3 is 14.4 Å². The summed E-state index contributed by atoms with van der Waals surface area (Å²) in [5, 5.41) is 0. The lowest BCUT2D eigenvalue weighted by molar-refractivity contribution is -0.131. The summed E-state index contributed by atoms with van der Waals surface area (Å²) in [4.78, 5) is 37.9. The molecule has 0 aliphatic carbocycles. The number of hydrogen-bond acceptors (Lipinski definition) is 5. The number of hydrogen-bond donors (Lipinski definition) is 0. The van der Waals surface area contributed by atoms with Crippen LogP contribution in [0, 0.1) is 0 Å². The zero-order chi connectivity index (χ0) is 22.7. The van der Waals surface area contributed by atoms with Crippen molar-refractivity contribution in [3.8, 4) is 16.9 Å². The van der Waals surface area contributed by atoms with Gasteiger partial charge in [-0.25, -0.2) is 4.79 Å². The summed E-state index contributed by atoms with van der Waals surface area (Å²) < 4.78 is 10.3. The molecule has 0 saturated heterocycles. The van der Waals surface area contributed by atoms with Gasteiger partial charge in [0.15, 0.2) is 6.61 Å². The molecular weight excluding hydrogens is 406 g/mol. The minimum absolute atomic E-state index is 0.0325. The number of ether oxygens (including phenoxy) is 2. The Balaban J connectivity index is 1.37. The number of anilines is 1. The van der Waals surface area contributed by atoms with Crippen LogP contribution >= 0.6 is 0 Å². The average molecular weight is 429 g/mol. The van der Waals surface area contributed by atoms with Crippen molar-refractivity contribution in [2.45, 2.75) is 26.3 Å². The van der Waals surface area contributed by atoms with Crippen molar-refractivity contribution in [3.05, 3.63) is 83.9 Å². The van der Waals surface area contributed by atoms with Crippen molar-refractivity contribution >= 4 is 23.5 Å². The van der Waals surface area contributed by atoms with Crippen LogP contribution in [0.2, 0.25) is 0 Å². The Morgan fingerprint density at radius 2 is 1.53 bits per heavy atom. The zero-order valence-electron chi connectivity index (χ0n) is 17.9. The standard InChI is InChI=1S/C26H23NO5/c1-17-15-22-5-3-4-6-24(22)27(17)25(29)16-31-26(30)21-9-7-19(8-10-21)20-11-13-23(14-12-20)32-18(2)28/h3-14,17H,15-16H2,1-2H3. The molecule has 3 aromatic rings. The van der Waals surface area contributed by atoms with Crippen molar-refractivity contribution < 1.29 is 23.9 Å². The maximum Gasteiger partial charge on any atom is 0.338 e. The highest BCUT2D eigenvalue weighted by Gasteiger charge is 2.31. The first-order valence-corrected chi connectivity index (χ1v) is 10.4. The second kappa shape index (κ2) is 9.06. The summed E-state index contributed by atoms with van der Waals surface area (Å²) in [6.45, 7) is 3.03. The second-order valence-corrected chi connectivity index (χ2v) is 7.72. The lowest BCUT2D eigenvalue weighted by atomic mass is 10.0. The Bertz CT molecular complexity index is 1150. The molecule has 6 heteroatoms. The average Bonchev–Trinajstić information content (AvgIpc) is 3.13. The van der Waals surface area contributed by atoms with Crippen LogP contribution in [0.1, 0.15) is 29.8 Å². The second-order valence-electron chi connectivity index (χ2n) is 7.72. The van der Waals surface area contributed by atoms with E-state index in [0.717, 1.165) is 28.8 Å². The summed E-state index contributed by atoms with van der Waals surface area (Å²) in [7, 11) is 0. The van der Waals surface area contributed by atoms with Crippen LogP contribution in [0.15, 0.2) is 72.8 Å². The van der Waals surface area contributed by atoms with Crippen LogP contribution in [-0.4, -0.2) is 30.5 Å². The maximum absolute atomic E-state index is 12.7. The van der Waals surface area contributed by atoms with Gasteiger partial charge in [-0.3, -0.25) is 9.59 Å². The Kier molecular flexibility index (Phi) is 6.03. The molecule has 4 rings (SSSR count). The van der Waals surface area contributed by atoms with E-state index in [1.807, 2.05) is 43.3 Å². The monoisotopic (exact) mass is 429 g/mol. The molecule has 0 bridgehead atoms. The molecule has 0 radical (unpaired) electrons. The third kappa shape index (κ3) is 4.54. The normalized spacial score (nSPS) is 14.6. The van der Waals surface area contributed by atoms with E-state index in [0.29, 0.717) is 11.3 Å². The molecule has 32 heavy (non-hydrogen) atoms. The maximum atomic E-state index is 12.7. The molecule has 1 heterocycles. The number of carbonyl (C=O) groups is 3. The molecular formula is C26H23NO5. The van der Waals surface area contributed by atoms with E-state index >= 15 is 0 Å². The lowest BCUT2D eigenvalue weighted by Gasteiger charge is -2.22. The highest BCUT2D eigenvalue weighted by atomic mass is 16.5. The number of esters is 2. The molecule has 0 spiro atoms. The predicted molar refractivity (Wildman–Crippen MR) is 121 cm³/mol. The van der Waals surface area contributed by atoms with E-state index in [4.69, 9.17) is 9.47 Å². The third-order valence-electron chi connectivity index (χ3n) is 5.37. The van der Waals surface area contributed by atoms with Gasteiger partial charge in [0, 0.05) is 18.7 Å². The quantitative estimate of drug-likeness (QED) is 0.444. The first-order valence-electron chi connectivity index (χ1n) is 10.4. The summed E-state index contributed by atoms with van der Waals surface area (Å²) in [6.07, 6.45) is 0.791. The minimum Gasteiger partial charge on any atom is -0.452 e. The van der Waals surface area contributed by atoms with Gasteiger partial charge in [-0.1, -0.05) is 42.5 Å². The molecule has 0 fully saturated rings. The SMILES string of the molecule is CC(=O)Oc1ccc(-c2ccc(C(=O)OCC(=O)N3c4ccccc4CC3C)cc2)cc1. The molecule has 162 valence electrons. The predicted octanol–water partition coefficient (Wildman–Crippen LogP) is 4.41. The Labute approximate surface area is 186 Å². The zero-order valence-corrected chi connectivity index (χ0v) is 17.9. The van der Waals surface area contributed by atoms with E-state index in [1.54, 1.807) is 41.3 Å². The number of benzene rings is 3. The van der Waals surface area contributed by atoms with Crippen LogP contribution in [0.5, 0.6) is 5.75 Å². The summed E-state index contributed by atoms with van der Waals surface area (Å²) in [6, 6.07) is 21.8. The first kappa shape index (κ1) is 21.3. The van der Waals surface area contributed by atoms with Gasteiger partial charge >= 0.3 is 11.9 Å². The van der Waals surface area contributed by atoms with Gasteiger partial charge in [0.05, 0.1) is 5.56 Å². The fourth-order valence-corrected chi connectivity index (χ4v) is 3.91. The van der Waals surface area contributed by atoms with Crippen LogP contribution in [-0.2, 0) is 20.7 Å². The third-order valence-corrected chi connectivity index (χ3v) is 5.37. The van der Waals surface area contributed by atoms with Crippen LogP contribution in [0.4, 0.5) is 5.69 Å². The van der Waals surface area contributed by atoms with Crippen molar-refractivity contribution in [1.29, 1.82) is 0 Å². The number of rotatable bonds is 5. The number of carbonyl (C=O) groups excluding carboxylic acids is 3. The van der Waals surface area contributed by atoms with Gasteiger partial charge in [0.1, 0.15) is 5.75 Å². The molecule has 0 N–H and O–H groups in total. The Morgan fingerprint density at radius 3 is 2.19 bits per heavy atom. The van der Waals surface area contributed by atoms with E-state index in [2.05, 4.69) is 0 Å². The Morgan fingerprint density at radius 1 is 0.906 bits per heavy atom. The van der Waals surface area contributed by atoms with Crippen molar-refractivity contribution in [2.75, 3.05) is 11.5 Å². The first-order chi connectivity index (χ1) is 15.4. The Hall–Kier alpha value is -3.93. The van der Waals surface area contributed by atoms with E-state index in [-0.39, 0.29) is 24.5 Å². The summed E-state index contributed by atoms with van der Waals surface area (Å²) in [5.74, 6) is -0.681. The van der Waals surface area contributed by atoms with Gasteiger partial charge in [-0.2, -0.15) is 0 Å². The van der Waals surface area contributed by atoms with Crippen LogP contribution < -0.4 is 9.64 Å². The highest BCUT2D eigenvalue weighted by molar-refractivity contribution is 5.99. The number of nitrogens with zero attached hydrogens (tertiary/aromatic N) is 1. The number of amides is 1. The molecule has 1 aliphatic rings. The highest BCUT2D eigenvalue weighted by Crippen LogP contribution is 2.31. The minimum atomic E-state index is -0.546. The van der Waals surface area contributed by atoms with Crippen LogP contribution in [0.3, 0.4) is 0 Å². The molecule has 3 aromatic carbocycles. The van der Waals surface area contributed by atoms with E-state index < -0.39 is 5.97 Å². The number of para-hydroxylation sites is 1. The van der Waals surface area contributed by atoms with E-state index in [1.165, 1.54) is 6.92 Å². The fourth-order valence-electron chi connectivity index (χ4n) is 3.91. The van der Waals surface area contributed by atoms with Gasteiger partial charge in [0.2, 0.25) is 0 Å². The fraction of sp³-hybridized carbons (Fsp3) is 0.192. The van der Waals surface area contributed by atoms with Gasteiger partial charge in [-0.05, 0) is 60.4 Å². The van der Waals surface area contributed by atoms with Gasteiger partial charge in [0.25, 0.3) is 5.91 Å². The smallest absolute Gasteiger partial charge is 0.338 e. The van der Waals surface area contributed by atoms with Crippen molar-refractivity contribution in [2.24, 2.45) is 0 Å². The van der Waals surface area contributed by atoms with Crippen molar-refractivity contribution in [1.82, 2.24) is 0 Å². The molecule has 0 saturated carbocycles. The molecule has 1 unspecified atom stereocenters. The van der Waals surface area contributed by atoms with Gasteiger partial charge in [-0.15, -0.1) is 0 Å². The molecule has 1 aliphatic heterocycles. The summed E-state index contributed by atoms with van der Waals surface area (Å²) in [5.41, 5.74) is 4.18.